The van der Waals surface area contributed by atoms with Gasteiger partial charge < -0.3 is 5.11 Å². The van der Waals surface area contributed by atoms with Gasteiger partial charge in [0.15, 0.2) is 0 Å². The Hall–Kier alpha value is -3.09. The molecule has 1 atom stereocenters. The van der Waals surface area contributed by atoms with Gasteiger partial charge in [0.05, 0.1) is 28.6 Å². The lowest BCUT2D eigenvalue weighted by Crippen LogP contribution is -2.73. The molecule has 0 spiro atoms. The lowest BCUT2D eigenvalue weighted by Gasteiger charge is -2.24. The molecule has 2 aliphatic rings. The molecule has 1 aliphatic heterocycles. The van der Waals surface area contributed by atoms with Crippen molar-refractivity contribution >= 4 is 40.5 Å². The fourth-order valence-electron chi connectivity index (χ4n) is 4.30. The number of aliphatic hydroxyl groups is 1. The minimum Gasteiger partial charge on any atom is -0.507 e. The van der Waals surface area contributed by atoms with Crippen molar-refractivity contribution in [3.8, 4) is 0 Å². The third-order valence-corrected chi connectivity index (χ3v) is 6.51. The van der Waals surface area contributed by atoms with E-state index in [1.54, 1.807) is 25.2 Å². The first kappa shape index (κ1) is 18.9. The van der Waals surface area contributed by atoms with E-state index in [-0.39, 0.29) is 5.76 Å². The summed E-state index contributed by atoms with van der Waals surface area (Å²) in [6.07, 6.45) is 0. The van der Waals surface area contributed by atoms with Gasteiger partial charge in [-0.1, -0.05) is 47.5 Å². The summed E-state index contributed by atoms with van der Waals surface area (Å²) in [6.45, 7) is 0. The first-order chi connectivity index (χ1) is 14.3. The zero-order valence-corrected chi connectivity index (χ0v) is 17.5. The van der Waals surface area contributed by atoms with Gasteiger partial charge in [0.25, 0.3) is 11.4 Å². The maximum atomic E-state index is 13.2. The molecule has 5 rings (SSSR count). The highest BCUT2D eigenvalue weighted by atomic mass is 35.5. The molecule has 2 heterocycles. The van der Waals surface area contributed by atoms with E-state index < -0.39 is 17.2 Å². The minimum atomic E-state index is -0.635. The summed E-state index contributed by atoms with van der Waals surface area (Å²) < 4.78 is 2.47. The molecule has 2 aromatic carbocycles. The summed E-state index contributed by atoms with van der Waals surface area (Å²) in [4.78, 5) is 29.0. The number of rotatable bonds is 1. The second kappa shape index (κ2) is 6.45. The Labute approximate surface area is 181 Å². The third kappa shape index (κ3) is 2.41. The molecule has 8 heteroatoms. The van der Waals surface area contributed by atoms with Crippen LogP contribution < -0.4 is 16.2 Å². The number of hydrogen-bond donors (Lipinski definition) is 2. The summed E-state index contributed by atoms with van der Waals surface area (Å²) in [6, 6.07) is 12.5. The molecule has 0 amide bonds. The van der Waals surface area contributed by atoms with E-state index in [0.29, 0.717) is 43.8 Å². The number of benzene rings is 2. The van der Waals surface area contributed by atoms with Crippen molar-refractivity contribution in [1.82, 2.24) is 9.13 Å². The smallest absolute Gasteiger partial charge is 0.417 e. The number of aliphatic hydroxyl groups excluding tert-OH is 1. The van der Waals surface area contributed by atoms with E-state index in [1.807, 2.05) is 24.3 Å². The van der Waals surface area contributed by atoms with Crippen molar-refractivity contribution in [2.24, 2.45) is 14.1 Å². The quantitative estimate of drug-likeness (QED) is 0.607. The molecule has 30 heavy (non-hydrogen) atoms. The highest BCUT2D eigenvalue weighted by Gasteiger charge is 2.44. The monoisotopic (exact) mass is 440 g/mol. The molecule has 1 aliphatic carbocycles. The highest BCUT2D eigenvalue weighted by Crippen LogP contribution is 2.44. The molecule has 0 saturated heterocycles. The van der Waals surface area contributed by atoms with Crippen molar-refractivity contribution in [2.45, 2.75) is 5.92 Å². The molecule has 150 valence electrons. The largest absolute Gasteiger partial charge is 0.507 e. The fraction of sp³-hybridized carbons (Fsp3) is 0.136. The standard InChI is InChI=1S/C22H15Cl2N3O3/c1-26-20-17(21(29)27(2)22(26)30)15(10-7-8-13(23)14(24)9-10)16-18(25-20)11-5-3-4-6-12(11)19(16)28/h3-9,15,28H,1-2H3/p+1. The Kier molecular flexibility index (Phi) is 4.07. The summed E-state index contributed by atoms with van der Waals surface area (Å²) in [5, 5.41) is 11.9. The highest BCUT2D eigenvalue weighted by molar-refractivity contribution is 6.42. The van der Waals surface area contributed by atoms with Gasteiger partial charge >= 0.3 is 5.69 Å². The van der Waals surface area contributed by atoms with E-state index in [4.69, 9.17) is 23.2 Å². The molecule has 1 unspecified atom stereocenters. The molecular formula is C22H16Cl2N3O3+. The fourth-order valence-corrected chi connectivity index (χ4v) is 4.61. The maximum Gasteiger partial charge on any atom is 0.417 e. The Morgan fingerprint density at radius 1 is 0.967 bits per heavy atom. The SMILES string of the molecule is Cn1c2c(c(=O)n(C)c1=O)C(c1ccc(Cl)c(Cl)c1)C1=C(O)c3ccccc3C1=[NH+]2. The summed E-state index contributed by atoms with van der Waals surface area (Å²) in [7, 11) is 3.04. The van der Waals surface area contributed by atoms with Crippen molar-refractivity contribution in [3.05, 3.63) is 101 Å². The van der Waals surface area contributed by atoms with E-state index in [2.05, 4.69) is 4.99 Å². The van der Waals surface area contributed by atoms with Crippen LogP contribution in [0, 0.1) is 0 Å². The zero-order valence-electron chi connectivity index (χ0n) is 16.0. The maximum absolute atomic E-state index is 13.2. The van der Waals surface area contributed by atoms with Crippen LogP contribution in [0.2, 0.25) is 10.0 Å². The van der Waals surface area contributed by atoms with Crippen LogP contribution in [0.15, 0.2) is 57.6 Å². The number of fused-ring (bicyclic) bond motifs is 4. The van der Waals surface area contributed by atoms with Crippen LogP contribution >= 0.6 is 23.2 Å². The van der Waals surface area contributed by atoms with Crippen LogP contribution in [0.4, 0.5) is 5.82 Å². The van der Waals surface area contributed by atoms with Crippen LogP contribution in [0.1, 0.15) is 28.2 Å². The molecule has 6 nitrogen and oxygen atoms in total. The van der Waals surface area contributed by atoms with Crippen molar-refractivity contribution in [3.63, 3.8) is 0 Å². The van der Waals surface area contributed by atoms with E-state index in [1.165, 1.54) is 11.6 Å². The average Bonchev–Trinajstić information content (AvgIpc) is 3.03. The van der Waals surface area contributed by atoms with Crippen LogP contribution in [0.5, 0.6) is 0 Å². The lowest BCUT2D eigenvalue weighted by molar-refractivity contribution is -0.364. The Bertz CT molecular complexity index is 1450. The molecule has 3 aromatic rings. The van der Waals surface area contributed by atoms with Gasteiger partial charge in [-0.15, -0.1) is 0 Å². The van der Waals surface area contributed by atoms with Gasteiger partial charge in [-0.2, -0.15) is 4.57 Å². The summed E-state index contributed by atoms with van der Waals surface area (Å²) >= 11 is 12.4. The van der Waals surface area contributed by atoms with E-state index >= 15 is 0 Å². The van der Waals surface area contributed by atoms with Gasteiger partial charge in [-0.25, -0.2) is 14.4 Å². The number of halogens is 2. The van der Waals surface area contributed by atoms with E-state index in [9.17, 15) is 14.7 Å². The zero-order chi connectivity index (χ0) is 21.3. The predicted molar refractivity (Wildman–Crippen MR) is 116 cm³/mol. The van der Waals surface area contributed by atoms with Gasteiger partial charge in [-0.05, 0) is 23.8 Å². The normalized spacial score (nSPS) is 16.8. The van der Waals surface area contributed by atoms with E-state index in [0.717, 1.165) is 10.1 Å². The minimum absolute atomic E-state index is 0.0886. The first-order valence-corrected chi connectivity index (χ1v) is 9.99. The summed E-state index contributed by atoms with van der Waals surface area (Å²) in [5.41, 5.74) is 2.86. The number of aromatic nitrogens is 2. The lowest BCUT2D eigenvalue weighted by atomic mass is 9.81. The van der Waals surface area contributed by atoms with Gasteiger partial charge in [0, 0.05) is 18.2 Å². The van der Waals surface area contributed by atoms with Gasteiger partial charge in [0.2, 0.25) is 0 Å². The first-order valence-electron chi connectivity index (χ1n) is 9.23. The van der Waals surface area contributed by atoms with Crippen molar-refractivity contribution in [2.75, 3.05) is 0 Å². The molecule has 0 bridgehead atoms. The number of allylic oxidation sites excluding steroid dienone is 1. The van der Waals surface area contributed by atoms with Crippen LogP contribution in [-0.2, 0) is 14.1 Å². The Morgan fingerprint density at radius 2 is 1.67 bits per heavy atom. The average molecular weight is 441 g/mol. The number of nitrogens with one attached hydrogen (secondary N) is 1. The topological polar surface area (TPSA) is 78.2 Å². The third-order valence-electron chi connectivity index (χ3n) is 5.77. The molecule has 0 fully saturated rings. The second-order valence-electron chi connectivity index (χ2n) is 7.38. The van der Waals surface area contributed by atoms with Crippen molar-refractivity contribution < 1.29 is 10.1 Å². The second-order valence-corrected chi connectivity index (χ2v) is 8.20. The van der Waals surface area contributed by atoms with Crippen LogP contribution in [0.3, 0.4) is 0 Å². The Balaban J connectivity index is 1.95. The van der Waals surface area contributed by atoms with Gasteiger partial charge in [0.1, 0.15) is 17.0 Å². The van der Waals surface area contributed by atoms with Crippen molar-refractivity contribution in [1.29, 1.82) is 0 Å². The van der Waals surface area contributed by atoms with Crippen LogP contribution in [0.25, 0.3) is 5.76 Å². The molecular weight excluding hydrogens is 425 g/mol. The van der Waals surface area contributed by atoms with Gasteiger partial charge in [-0.3, -0.25) is 4.79 Å². The number of hydrogen-bond acceptors (Lipinski definition) is 3. The molecule has 0 saturated carbocycles. The number of nitrogens with zero attached hydrogens (tertiary/aromatic N) is 2. The van der Waals surface area contributed by atoms with Crippen LogP contribution in [-0.4, -0.2) is 20.0 Å². The summed E-state index contributed by atoms with van der Waals surface area (Å²) in [5.74, 6) is -0.155. The molecule has 0 radical (unpaired) electrons. The molecule has 1 aromatic heterocycles. The molecule has 2 N–H and O–H groups in total. The predicted octanol–water partition coefficient (Wildman–Crippen LogP) is 2.02. The Morgan fingerprint density at radius 3 is 2.37 bits per heavy atom.